The van der Waals surface area contributed by atoms with E-state index in [1.54, 1.807) is 6.07 Å². The highest BCUT2D eigenvalue weighted by atomic mass is 19.2. The molecule has 0 bridgehead atoms. The zero-order valence-electron chi connectivity index (χ0n) is 13.0. The van der Waals surface area contributed by atoms with Crippen molar-refractivity contribution in [2.75, 3.05) is 0 Å². The first-order valence-corrected chi connectivity index (χ1v) is 7.22. The van der Waals surface area contributed by atoms with Crippen LogP contribution in [0.2, 0.25) is 0 Å². The molecule has 0 fully saturated rings. The number of halogens is 2. The average molecular weight is 292 g/mol. The van der Waals surface area contributed by atoms with E-state index in [9.17, 15) is 8.78 Å². The van der Waals surface area contributed by atoms with Crippen LogP contribution in [-0.4, -0.2) is 9.78 Å². The Kier molecular flexibility index (Phi) is 4.45. The molecule has 0 spiro atoms. The Balaban J connectivity index is 2.07. The monoisotopic (exact) mass is 292 g/mol. The van der Waals surface area contributed by atoms with E-state index in [0.717, 1.165) is 24.1 Å². The van der Waals surface area contributed by atoms with Crippen molar-refractivity contribution in [3.63, 3.8) is 0 Å². The largest absolute Gasteiger partial charge is 0.272 e. The highest BCUT2D eigenvalue weighted by Crippen LogP contribution is 2.31. The number of hydrogen-bond donors (Lipinski definition) is 0. The van der Waals surface area contributed by atoms with Crippen molar-refractivity contribution in [2.24, 2.45) is 5.92 Å². The summed E-state index contributed by atoms with van der Waals surface area (Å²) >= 11 is 0. The van der Waals surface area contributed by atoms with Crippen molar-refractivity contribution in [1.29, 1.82) is 0 Å². The fourth-order valence-electron chi connectivity index (χ4n) is 2.86. The number of rotatable bonds is 5. The van der Waals surface area contributed by atoms with Gasteiger partial charge in [-0.05, 0) is 47.9 Å². The van der Waals surface area contributed by atoms with E-state index >= 15 is 0 Å². The van der Waals surface area contributed by atoms with Gasteiger partial charge in [0.2, 0.25) is 0 Å². The minimum Gasteiger partial charge on any atom is -0.272 e. The van der Waals surface area contributed by atoms with E-state index in [-0.39, 0.29) is 5.41 Å². The van der Waals surface area contributed by atoms with Gasteiger partial charge in [0.1, 0.15) is 0 Å². The normalized spacial score (nSPS) is 13.4. The second-order valence-electron chi connectivity index (χ2n) is 6.56. The van der Waals surface area contributed by atoms with Crippen LogP contribution in [0.25, 0.3) is 0 Å². The second kappa shape index (κ2) is 5.96. The van der Waals surface area contributed by atoms with Crippen molar-refractivity contribution in [2.45, 2.75) is 46.1 Å². The predicted molar refractivity (Wildman–Crippen MR) is 80.1 cm³/mol. The third-order valence-corrected chi connectivity index (χ3v) is 3.82. The molecule has 2 nitrogen and oxygen atoms in total. The van der Waals surface area contributed by atoms with Crippen molar-refractivity contribution < 1.29 is 8.78 Å². The quantitative estimate of drug-likeness (QED) is 0.795. The molecule has 2 aromatic rings. The molecule has 0 saturated carbocycles. The van der Waals surface area contributed by atoms with Gasteiger partial charge in [0.25, 0.3) is 0 Å². The van der Waals surface area contributed by atoms with E-state index in [1.807, 2.05) is 24.0 Å². The maximum Gasteiger partial charge on any atom is 0.159 e. The summed E-state index contributed by atoms with van der Waals surface area (Å²) in [6.45, 7) is 9.11. The van der Waals surface area contributed by atoms with Gasteiger partial charge in [-0.1, -0.05) is 26.8 Å². The van der Waals surface area contributed by atoms with Crippen LogP contribution in [0.3, 0.4) is 0 Å². The Bertz CT molecular complexity index is 617. The summed E-state index contributed by atoms with van der Waals surface area (Å²) in [5.74, 6) is -1.20. The molecule has 0 aliphatic carbocycles. The summed E-state index contributed by atoms with van der Waals surface area (Å²) < 4.78 is 28.4. The highest BCUT2D eigenvalue weighted by Gasteiger charge is 2.24. The van der Waals surface area contributed by atoms with Gasteiger partial charge in [-0.25, -0.2) is 8.78 Å². The van der Waals surface area contributed by atoms with Crippen LogP contribution in [0.1, 0.15) is 38.3 Å². The van der Waals surface area contributed by atoms with Crippen LogP contribution in [0.15, 0.2) is 30.6 Å². The van der Waals surface area contributed by atoms with Crippen molar-refractivity contribution in [3.05, 3.63) is 53.4 Å². The van der Waals surface area contributed by atoms with E-state index < -0.39 is 11.6 Å². The number of hydrogen-bond acceptors (Lipinski definition) is 1. The summed E-state index contributed by atoms with van der Waals surface area (Å²) in [7, 11) is 0. The Hall–Kier alpha value is -1.71. The van der Waals surface area contributed by atoms with Crippen LogP contribution in [0.4, 0.5) is 8.78 Å². The van der Waals surface area contributed by atoms with Crippen molar-refractivity contribution in [1.82, 2.24) is 9.78 Å². The molecular weight excluding hydrogens is 270 g/mol. The van der Waals surface area contributed by atoms with Crippen LogP contribution < -0.4 is 0 Å². The second-order valence-corrected chi connectivity index (χ2v) is 6.56. The third-order valence-electron chi connectivity index (χ3n) is 3.82. The van der Waals surface area contributed by atoms with Crippen LogP contribution in [-0.2, 0) is 12.0 Å². The molecular formula is C17H22F2N2. The zero-order chi connectivity index (χ0) is 15.6. The molecule has 1 heterocycles. The highest BCUT2D eigenvalue weighted by molar-refractivity contribution is 5.25. The maximum absolute atomic E-state index is 13.4. The molecule has 21 heavy (non-hydrogen) atoms. The molecule has 0 aliphatic heterocycles. The lowest BCUT2D eigenvalue weighted by atomic mass is 9.77. The number of nitrogens with zero attached hydrogens (tertiary/aromatic N) is 2. The van der Waals surface area contributed by atoms with Gasteiger partial charge in [-0.2, -0.15) is 5.10 Å². The van der Waals surface area contributed by atoms with E-state index in [4.69, 9.17) is 0 Å². The Morgan fingerprint density at radius 2 is 1.95 bits per heavy atom. The molecule has 4 heteroatoms. The summed E-state index contributed by atoms with van der Waals surface area (Å²) in [5.41, 5.74) is 1.75. The lowest BCUT2D eigenvalue weighted by Gasteiger charge is -2.29. The molecule has 1 unspecified atom stereocenters. The van der Waals surface area contributed by atoms with Gasteiger partial charge < -0.3 is 0 Å². The summed E-state index contributed by atoms with van der Waals surface area (Å²) in [5, 5.41) is 4.29. The first kappa shape index (κ1) is 15.7. The molecule has 1 atom stereocenters. The SMILES string of the molecule is Cc1cnn(CC(C)CC(C)(C)c2ccc(F)c(F)c2)c1. The molecule has 0 aliphatic rings. The fraction of sp³-hybridized carbons (Fsp3) is 0.471. The first-order chi connectivity index (χ1) is 9.78. The summed E-state index contributed by atoms with van der Waals surface area (Å²) in [6.07, 6.45) is 4.73. The molecule has 2 rings (SSSR count). The first-order valence-electron chi connectivity index (χ1n) is 7.22. The van der Waals surface area contributed by atoms with Crippen molar-refractivity contribution in [3.8, 4) is 0 Å². The summed E-state index contributed by atoms with van der Waals surface area (Å²) in [6, 6.07) is 4.18. The van der Waals surface area contributed by atoms with Crippen LogP contribution >= 0.6 is 0 Å². The molecule has 0 N–H and O–H groups in total. The lowest BCUT2D eigenvalue weighted by molar-refractivity contribution is 0.333. The van der Waals surface area contributed by atoms with Gasteiger partial charge in [0.15, 0.2) is 11.6 Å². The van der Waals surface area contributed by atoms with Crippen LogP contribution in [0.5, 0.6) is 0 Å². The topological polar surface area (TPSA) is 17.8 Å². The smallest absolute Gasteiger partial charge is 0.159 e. The maximum atomic E-state index is 13.4. The molecule has 114 valence electrons. The molecule has 1 aromatic carbocycles. The van der Waals surface area contributed by atoms with Gasteiger partial charge >= 0.3 is 0 Å². The van der Waals surface area contributed by atoms with Gasteiger partial charge in [-0.3, -0.25) is 4.68 Å². The molecule has 1 aromatic heterocycles. The number of aryl methyl sites for hydroxylation is 1. The van der Waals surface area contributed by atoms with E-state index in [1.165, 1.54) is 12.1 Å². The molecule has 0 saturated heterocycles. The van der Waals surface area contributed by atoms with Gasteiger partial charge in [0, 0.05) is 12.7 Å². The van der Waals surface area contributed by atoms with Crippen LogP contribution in [0, 0.1) is 24.5 Å². The van der Waals surface area contributed by atoms with E-state index in [0.29, 0.717) is 5.92 Å². The summed E-state index contributed by atoms with van der Waals surface area (Å²) in [4.78, 5) is 0. The Labute approximate surface area is 124 Å². The van der Waals surface area contributed by atoms with E-state index in [2.05, 4.69) is 25.9 Å². The number of benzene rings is 1. The predicted octanol–water partition coefficient (Wildman–Crippen LogP) is 4.47. The number of aromatic nitrogens is 2. The standard InChI is InChI=1S/C17H22F2N2/c1-12(10-21-11-13(2)9-20-21)8-17(3,4)14-5-6-15(18)16(19)7-14/h5-7,9,11-12H,8,10H2,1-4H3. The molecule has 0 radical (unpaired) electrons. The molecule has 0 amide bonds. The minimum atomic E-state index is -0.797. The fourth-order valence-corrected chi connectivity index (χ4v) is 2.86. The lowest BCUT2D eigenvalue weighted by Crippen LogP contribution is -2.23. The van der Waals surface area contributed by atoms with Crippen molar-refractivity contribution >= 4 is 0 Å². The van der Waals surface area contributed by atoms with Gasteiger partial charge in [0.05, 0.1) is 6.20 Å². The Morgan fingerprint density at radius 3 is 2.52 bits per heavy atom. The third kappa shape index (κ3) is 3.90. The minimum absolute atomic E-state index is 0.212. The average Bonchev–Trinajstić information content (AvgIpc) is 2.77. The Morgan fingerprint density at radius 1 is 1.24 bits per heavy atom. The zero-order valence-corrected chi connectivity index (χ0v) is 13.0. The van der Waals surface area contributed by atoms with Gasteiger partial charge in [-0.15, -0.1) is 0 Å².